The van der Waals surface area contributed by atoms with Crippen LogP contribution in [0, 0.1) is 0 Å². The minimum absolute atomic E-state index is 0.443. The van der Waals surface area contributed by atoms with Gasteiger partial charge in [-0.1, -0.05) is 13.8 Å². The van der Waals surface area contributed by atoms with Gasteiger partial charge in [0.2, 0.25) is 0 Å². The second-order valence-electron chi connectivity index (χ2n) is 6.91. The van der Waals surface area contributed by atoms with E-state index in [1.807, 2.05) is 0 Å². The zero-order valence-corrected chi connectivity index (χ0v) is 13.5. The van der Waals surface area contributed by atoms with E-state index in [4.69, 9.17) is 10.7 Å². The number of rotatable bonds is 3. The Kier molecular flexibility index (Phi) is 4.18. The molecule has 4 heteroatoms. The van der Waals surface area contributed by atoms with Crippen molar-refractivity contribution in [2.75, 3.05) is 24.5 Å². The summed E-state index contributed by atoms with van der Waals surface area (Å²) < 4.78 is 0. The molecule has 2 aliphatic heterocycles. The van der Waals surface area contributed by atoms with E-state index in [2.05, 4.69) is 42.7 Å². The van der Waals surface area contributed by atoms with Gasteiger partial charge in [-0.3, -0.25) is 4.90 Å². The molecule has 0 bridgehead atoms. The number of nitrogens with zero attached hydrogens (tertiary/aromatic N) is 3. The highest BCUT2D eigenvalue weighted by Gasteiger charge is 2.35. The molecule has 0 amide bonds. The molecule has 4 nitrogen and oxygen atoms in total. The van der Waals surface area contributed by atoms with Gasteiger partial charge in [-0.15, -0.1) is 0 Å². The Labute approximate surface area is 128 Å². The first-order valence-corrected chi connectivity index (χ1v) is 8.30. The maximum atomic E-state index is 5.88. The third kappa shape index (κ3) is 2.92. The number of fused-ring (bicyclic) bond motifs is 1. The predicted octanol–water partition coefficient (Wildman–Crippen LogP) is 2.34. The fourth-order valence-electron chi connectivity index (χ4n) is 3.66. The number of nitrogens with two attached hydrogens (primary N) is 1. The quantitative estimate of drug-likeness (QED) is 0.927. The van der Waals surface area contributed by atoms with Crippen LogP contribution in [0.5, 0.6) is 0 Å². The van der Waals surface area contributed by atoms with Gasteiger partial charge in [-0.2, -0.15) is 0 Å². The fraction of sp³-hybridized carbons (Fsp3) is 0.706. The normalized spacial score (nSPS) is 26.4. The lowest BCUT2D eigenvalue weighted by atomic mass is 10.1. The van der Waals surface area contributed by atoms with E-state index in [0.717, 1.165) is 24.6 Å². The molecule has 2 saturated heterocycles. The van der Waals surface area contributed by atoms with Crippen LogP contribution in [0.2, 0.25) is 0 Å². The van der Waals surface area contributed by atoms with Crippen molar-refractivity contribution in [3.63, 3.8) is 0 Å². The average molecular weight is 288 g/mol. The number of pyridine rings is 1. The Morgan fingerprint density at radius 3 is 2.86 bits per heavy atom. The van der Waals surface area contributed by atoms with Crippen molar-refractivity contribution < 1.29 is 0 Å². The Balaban J connectivity index is 1.89. The topological polar surface area (TPSA) is 45.4 Å². The maximum Gasteiger partial charge on any atom is 0.129 e. The molecule has 2 atom stereocenters. The molecule has 2 fully saturated rings. The van der Waals surface area contributed by atoms with Crippen LogP contribution >= 0.6 is 0 Å². The second kappa shape index (κ2) is 5.93. The molecule has 3 rings (SSSR count). The third-order valence-corrected chi connectivity index (χ3v) is 4.95. The number of anilines is 1. The zero-order valence-electron chi connectivity index (χ0n) is 13.5. The lowest BCUT2D eigenvalue weighted by Crippen LogP contribution is -2.55. The van der Waals surface area contributed by atoms with Gasteiger partial charge in [0, 0.05) is 37.4 Å². The summed E-state index contributed by atoms with van der Waals surface area (Å²) >= 11 is 0. The lowest BCUT2D eigenvalue weighted by Gasteiger charge is -2.43. The molecule has 0 radical (unpaired) electrons. The lowest BCUT2D eigenvalue weighted by molar-refractivity contribution is 0.202. The van der Waals surface area contributed by atoms with Crippen LogP contribution in [-0.2, 0) is 6.54 Å². The van der Waals surface area contributed by atoms with E-state index >= 15 is 0 Å². The summed E-state index contributed by atoms with van der Waals surface area (Å²) in [7, 11) is 0. The van der Waals surface area contributed by atoms with Crippen molar-refractivity contribution in [1.82, 2.24) is 9.88 Å². The first-order valence-electron chi connectivity index (χ1n) is 8.30. The first-order chi connectivity index (χ1) is 10.1. The predicted molar refractivity (Wildman–Crippen MR) is 87.6 cm³/mol. The molecule has 1 aromatic heterocycles. The van der Waals surface area contributed by atoms with Crippen molar-refractivity contribution in [2.45, 2.75) is 58.2 Å². The molecule has 0 aromatic carbocycles. The van der Waals surface area contributed by atoms with Crippen molar-refractivity contribution >= 4 is 5.82 Å². The summed E-state index contributed by atoms with van der Waals surface area (Å²) in [4.78, 5) is 10.1. The van der Waals surface area contributed by atoms with Crippen molar-refractivity contribution in [2.24, 2.45) is 5.73 Å². The highest BCUT2D eigenvalue weighted by atomic mass is 15.3. The Morgan fingerprint density at radius 1 is 1.33 bits per heavy atom. The summed E-state index contributed by atoms with van der Waals surface area (Å²) in [6.07, 6.45) is 2.68. The second-order valence-corrected chi connectivity index (χ2v) is 6.91. The molecular formula is C17H28N4. The largest absolute Gasteiger partial charge is 0.351 e. The van der Waals surface area contributed by atoms with E-state index in [-0.39, 0.29) is 0 Å². The molecule has 0 saturated carbocycles. The van der Waals surface area contributed by atoms with Crippen LogP contribution in [0.1, 0.15) is 50.8 Å². The van der Waals surface area contributed by atoms with Gasteiger partial charge in [0.25, 0.3) is 0 Å². The third-order valence-electron chi connectivity index (χ3n) is 4.95. The van der Waals surface area contributed by atoms with Crippen LogP contribution in [0.15, 0.2) is 12.1 Å². The van der Waals surface area contributed by atoms with Gasteiger partial charge in [0.1, 0.15) is 5.82 Å². The number of piperazine rings is 1. The van der Waals surface area contributed by atoms with Crippen LogP contribution < -0.4 is 10.6 Å². The first kappa shape index (κ1) is 14.8. The van der Waals surface area contributed by atoms with E-state index < -0.39 is 0 Å². The molecule has 3 heterocycles. The molecule has 0 aliphatic carbocycles. The van der Waals surface area contributed by atoms with Crippen LogP contribution in [-0.4, -0.2) is 41.6 Å². The monoisotopic (exact) mass is 288 g/mol. The Bertz CT molecular complexity index is 500. The van der Waals surface area contributed by atoms with Gasteiger partial charge in [0.05, 0.1) is 0 Å². The van der Waals surface area contributed by atoms with Crippen LogP contribution in [0.25, 0.3) is 0 Å². The summed E-state index contributed by atoms with van der Waals surface area (Å²) in [5.74, 6) is 1.57. The summed E-state index contributed by atoms with van der Waals surface area (Å²) in [6, 6.07) is 5.59. The highest BCUT2D eigenvalue weighted by Crippen LogP contribution is 2.29. The summed E-state index contributed by atoms with van der Waals surface area (Å²) in [5.41, 5.74) is 8.24. The molecule has 2 aliphatic rings. The summed E-state index contributed by atoms with van der Waals surface area (Å²) in [5, 5.41) is 0. The molecule has 1 aromatic rings. The molecule has 0 spiro atoms. The summed E-state index contributed by atoms with van der Waals surface area (Å²) in [6.45, 7) is 10.9. The Morgan fingerprint density at radius 2 is 2.14 bits per heavy atom. The van der Waals surface area contributed by atoms with Gasteiger partial charge < -0.3 is 10.6 Å². The number of hydrogen-bond donors (Lipinski definition) is 1. The van der Waals surface area contributed by atoms with Crippen LogP contribution in [0.4, 0.5) is 5.82 Å². The number of hydrogen-bond acceptors (Lipinski definition) is 4. The fourth-order valence-corrected chi connectivity index (χ4v) is 3.66. The van der Waals surface area contributed by atoms with Gasteiger partial charge in [-0.25, -0.2) is 4.98 Å². The van der Waals surface area contributed by atoms with Crippen molar-refractivity contribution in [3.05, 3.63) is 23.4 Å². The minimum atomic E-state index is 0.443. The van der Waals surface area contributed by atoms with Crippen molar-refractivity contribution in [3.8, 4) is 0 Å². The van der Waals surface area contributed by atoms with E-state index in [1.54, 1.807) is 0 Å². The molecule has 2 unspecified atom stereocenters. The Hall–Kier alpha value is -1.13. The van der Waals surface area contributed by atoms with E-state index in [9.17, 15) is 0 Å². The smallest absolute Gasteiger partial charge is 0.129 e. The molecule has 21 heavy (non-hydrogen) atoms. The number of aromatic nitrogens is 1. The minimum Gasteiger partial charge on any atom is -0.351 e. The van der Waals surface area contributed by atoms with Crippen molar-refractivity contribution in [1.29, 1.82) is 0 Å². The van der Waals surface area contributed by atoms with Gasteiger partial charge in [0.15, 0.2) is 0 Å². The molecule has 116 valence electrons. The molecular weight excluding hydrogens is 260 g/mol. The van der Waals surface area contributed by atoms with Gasteiger partial charge >= 0.3 is 0 Å². The standard InChI is InChI=1S/C17H28N4/c1-12(2)16-7-14(9-18)8-17(19-16)21-11-15-5-4-6-20(15)10-13(21)3/h7-8,12-13,15H,4-6,9-11,18H2,1-3H3. The zero-order chi connectivity index (χ0) is 15.0. The molecule has 2 N–H and O–H groups in total. The average Bonchev–Trinajstić information content (AvgIpc) is 2.92. The highest BCUT2D eigenvalue weighted by molar-refractivity contribution is 5.45. The maximum absolute atomic E-state index is 5.88. The van der Waals surface area contributed by atoms with Gasteiger partial charge in [-0.05, 0) is 49.9 Å². The SMILES string of the molecule is CC(C)c1cc(CN)cc(N2CC3CCCN3CC2C)n1. The van der Waals surface area contributed by atoms with E-state index in [0.29, 0.717) is 24.5 Å². The van der Waals surface area contributed by atoms with E-state index in [1.165, 1.54) is 24.9 Å². The van der Waals surface area contributed by atoms with Crippen LogP contribution in [0.3, 0.4) is 0 Å².